The van der Waals surface area contributed by atoms with Crippen LogP contribution in [0, 0.1) is 5.82 Å². The third-order valence-electron chi connectivity index (χ3n) is 7.52. The van der Waals surface area contributed by atoms with Gasteiger partial charge in [-0.25, -0.2) is 14.1 Å². The maximum absolute atomic E-state index is 15.1. The molecule has 9 nitrogen and oxygen atoms in total. The van der Waals surface area contributed by atoms with Crippen LogP contribution in [0.3, 0.4) is 0 Å². The molecule has 3 aliphatic rings. The molecule has 0 amide bonds. The number of halogens is 2. The van der Waals surface area contributed by atoms with Crippen molar-refractivity contribution in [3.63, 3.8) is 0 Å². The largest absolute Gasteiger partial charge is 0.366 e. The van der Waals surface area contributed by atoms with Crippen LogP contribution in [0.4, 0.5) is 21.8 Å². The van der Waals surface area contributed by atoms with E-state index in [0.29, 0.717) is 22.8 Å². The van der Waals surface area contributed by atoms with E-state index < -0.39 is 0 Å². The molecule has 1 saturated carbocycles. The molecule has 1 aromatic carbocycles. The summed E-state index contributed by atoms with van der Waals surface area (Å²) >= 11 is 6.46. The number of fused-ring (bicyclic) bond motifs is 1. The summed E-state index contributed by atoms with van der Waals surface area (Å²) in [5, 5.41) is 18.5. The van der Waals surface area contributed by atoms with Gasteiger partial charge in [0.15, 0.2) is 5.82 Å². The molecule has 2 N–H and O–H groups in total. The van der Waals surface area contributed by atoms with Crippen molar-refractivity contribution in [1.29, 1.82) is 0 Å². The van der Waals surface area contributed by atoms with Crippen LogP contribution in [-0.2, 0) is 0 Å². The fraction of sp³-hybridized carbons (Fsp3) is 0.542. The van der Waals surface area contributed by atoms with E-state index in [1.807, 2.05) is 0 Å². The van der Waals surface area contributed by atoms with Crippen LogP contribution in [0.15, 0.2) is 24.7 Å². The minimum absolute atomic E-state index is 0.122. The van der Waals surface area contributed by atoms with Crippen LogP contribution in [0.25, 0.3) is 5.69 Å². The summed E-state index contributed by atoms with van der Waals surface area (Å²) in [6.45, 7) is 5.79. The molecule has 2 saturated heterocycles. The predicted molar refractivity (Wildman–Crippen MR) is 132 cm³/mol. The van der Waals surface area contributed by atoms with Gasteiger partial charge in [0.25, 0.3) is 0 Å². The van der Waals surface area contributed by atoms with Crippen molar-refractivity contribution in [3.8, 4) is 5.69 Å². The molecule has 2 aliphatic heterocycles. The predicted octanol–water partition coefficient (Wildman–Crippen LogP) is 4.68. The summed E-state index contributed by atoms with van der Waals surface area (Å²) in [5.74, 6) is 0.797. The number of nitrogens with zero attached hydrogens (tertiary/aromatic N) is 7. The van der Waals surface area contributed by atoms with Gasteiger partial charge in [0, 0.05) is 17.6 Å². The lowest BCUT2D eigenvalue weighted by atomic mass is 9.84. The first-order valence-electron chi connectivity index (χ1n) is 12.3. The highest BCUT2D eigenvalue weighted by atomic mass is 35.5. The van der Waals surface area contributed by atoms with Crippen molar-refractivity contribution >= 4 is 29.1 Å². The Labute approximate surface area is 208 Å². The lowest BCUT2D eigenvalue weighted by Crippen LogP contribution is -2.55. The average Bonchev–Trinajstić information content (AvgIpc) is 3.28. The number of piperidine rings is 1. The third kappa shape index (κ3) is 4.45. The van der Waals surface area contributed by atoms with Gasteiger partial charge in [0.1, 0.15) is 17.2 Å². The number of nitrogens with one attached hydrogen (secondary N) is 2. The van der Waals surface area contributed by atoms with E-state index in [-0.39, 0.29) is 29.0 Å². The van der Waals surface area contributed by atoms with Crippen LogP contribution < -0.4 is 10.6 Å². The summed E-state index contributed by atoms with van der Waals surface area (Å²) < 4.78 is 16.6. The van der Waals surface area contributed by atoms with Gasteiger partial charge in [-0.15, -0.1) is 5.10 Å². The highest BCUT2D eigenvalue weighted by molar-refractivity contribution is 6.32. The molecule has 0 bridgehead atoms. The Morgan fingerprint density at radius 3 is 2.83 bits per heavy atom. The zero-order chi connectivity index (χ0) is 24.2. The van der Waals surface area contributed by atoms with Gasteiger partial charge in [-0.2, -0.15) is 4.98 Å². The lowest BCUT2D eigenvalue weighted by Gasteiger charge is -2.47. The second kappa shape index (κ2) is 8.67. The van der Waals surface area contributed by atoms with E-state index >= 15 is 4.39 Å². The molecule has 184 valence electrons. The van der Waals surface area contributed by atoms with E-state index in [2.05, 4.69) is 54.9 Å². The topological polar surface area (TPSA) is 96.7 Å². The molecule has 3 aromatic rings. The standard InChI is InChI=1S/C24H29ClFN9/c1-24(2)11-15(8-16-4-3-7-34(16)24)29-22-18(25)12-27-23(31-22)30-20-10-21(35-13-28-32-33-35)17(9-19(20)26)14-5-6-14/h9-10,12-16H,3-8,11H2,1-2H3,(H2,27,29,30,31)/t15-,16+/m1/s1. The maximum Gasteiger partial charge on any atom is 0.229 e. The van der Waals surface area contributed by atoms with E-state index in [9.17, 15) is 0 Å². The highest BCUT2D eigenvalue weighted by Crippen LogP contribution is 2.44. The molecule has 0 unspecified atom stereocenters. The van der Waals surface area contributed by atoms with Gasteiger partial charge in [-0.1, -0.05) is 11.6 Å². The molecule has 1 aliphatic carbocycles. The molecular weight excluding hydrogens is 469 g/mol. The van der Waals surface area contributed by atoms with Crippen LogP contribution in [0.1, 0.15) is 63.9 Å². The van der Waals surface area contributed by atoms with Crippen molar-refractivity contribution in [3.05, 3.63) is 41.1 Å². The lowest BCUT2D eigenvalue weighted by molar-refractivity contribution is 0.0501. The summed E-state index contributed by atoms with van der Waals surface area (Å²) in [6, 6.07) is 4.11. The van der Waals surface area contributed by atoms with Crippen LogP contribution >= 0.6 is 11.6 Å². The van der Waals surface area contributed by atoms with Crippen molar-refractivity contribution in [1.82, 2.24) is 35.1 Å². The second-order valence-electron chi connectivity index (χ2n) is 10.5. The van der Waals surface area contributed by atoms with Crippen LogP contribution in [0.2, 0.25) is 5.02 Å². The molecule has 3 fully saturated rings. The molecule has 0 radical (unpaired) electrons. The Morgan fingerprint density at radius 1 is 1.20 bits per heavy atom. The smallest absolute Gasteiger partial charge is 0.229 e. The van der Waals surface area contributed by atoms with E-state index in [0.717, 1.165) is 36.9 Å². The van der Waals surface area contributed by atoms with Gasteiger partial charge in [-0.05, 0) is 93.0 Å². The summed E-state index contributed by atoms with van der Waals surface area (Å²) in [6.07, 6.45) is 9.67. The van der Waals surface area contributed by atoms with Crippen LogP contribution in [0.5, 0.6) is 0 Å². The Hall–Kier alpha value is -2.85. The molecule has 6 rings (SSSR count). The molecule has 0 spiro atoms. The van der Waals surface area contributed by atoms with Crippen molar-refractivity contribution in [2.45, 2.75) is 75.9 Å². The Kier molecular flexibility index (Phi) is 5.60. The Balaban J connectivity index is 1.25. The highest BCUT2D eigenvalue weighted by Gasteiger charge is 2.43. The average molecular weight is 498 g/mol. The Bertz CT molecular complexity index is 1230. The molecular formula is C24H29ClFN9. The first kappa shape index (κ1) is 22.6. The summed E-state index contributed by atoms with van der Waals surface area (Å²) in [7, 11) is 0. The first-order valence-corrected chi connectivity index (χ1v) is 12.6. The number of benzene rings is 1. The Morgan fingerprint density at radius 2 is 2.06 bits per heavy atom. The zero-order valence-corrected chi connectivity index (χ0v) is 20.6. The van der Waals surface area contributed by atoms with Gasteiger partial charge in [-0.3, -0.25) is 4.90 Å². The number of rotatable bonds is 6. The molecule has 2 aromatic heterocycles. The van der Waals surface area contributed by atoms with Crippen molar-refractivity contribution in [2.75, 3.05) is 17.2 Å². The molecule has 35 heavy (non-hydrogen) atoms. The van der Waals surface area contributed by atoms with Crippen LogP contribution in [-0.4, -0.2) is 59.2 Å². The summed E-state index contributed by atoms with van der Waals surface area (Å²) in [4.78, 5) is 11.5. The van der Waals surface area contributed by atoms with E-state index in [1.165, 1.54) is 25.7 Å². The fourth-order valence-corrected chi connectivity index (χ4v) is 5.97. The third-order valence-corrected chi connectivity index (χ3v) is 7.79. The van der Waals surface area contributed by atoms with E-state index in [1.54, 1.807) is 23.0 Å². The minimum atomic E-state index is -0.368. The fourth-order valence-electron chi connectivity index (χ4n) is 5.83. The number of hydrogen-bond acceptors (Lipinski definition) is 8. The zero-order valence-electron chi connectivity index (χ0n) is 19.9. The van der Waals surface area contributed by atoms with E-state index in [4.69, 9.17) is 11.6 Å². The SMILES string of the molecule is CC1(C)C[C@H](Nc2nc(Nc3cc(-n4cnnn4)c(C4CC4)cc3F)ncc2Cl)C[C@@H]2CCCN21. The van der Waals surface area contributed by atoms with Gasteiger partial charge >= 0.3 is 0 Å². The van der Waals surface area contributed by atoms with Gasteiger partial charge in [0.2, 0.25) is 5.95 Å². The maximum atomic E-state index is 15.1. The minimum Gasteiger partial charge on any atom is -0.366 e. The normalized spacial score (nSPS) is 23.8. The second-order valence-corrected chi connectivity index (χ2v) is 10.9. The number of aromatic nitrogens is 6. The van der Waals surface area contributed by atoms with Gasteiger partial charge < -0.3 is 10.6 Å². The number of anilines is 3. The molecule has 11 heteroatoms. The summed E-state index contributed by atoms with van der Waals surface area (Å²) in [5.41, 5.74) is 2.03. The number of hydrogen-bond donors (Lipinski definition) is 2. The quantitative estimate of drug-likeness (QED) is 0.506. The first-order chi connectivity index (χ1) is 16.9. The van der Waals surface area contributed by atoms with Crippen molar-refractivity contribution < 1.29 is 4.39 Å². The molecule has 4 heterocycles. The number of tetrazole rings is 1. The van der Waals surface area contributed by atoms with Gasteiger partial charge in [0.05, 0.1) is 17.6 Å². The monoisotopic (exact) mass is 497 g/mol. The van der Waals surface area contributed by atoms with Crippen molar-refractivity contribution in [2.24, 2.45) is 0 Å². The molecule has 2 atom stereocenters.